The molecule has 0 aliphatic rings. The maximum absolute atomic E-state index is 3.25. The van der Waals surface area contributed by atoms with Crippen LogP contribution in [0.2, 0.25) is 0 Å². The molecule has 0 N–H and O–H groups in total. The molecule has 0 fully saturated rings. The topological polar surface area (TPSA) is 0 Å². The first-order valence-electron chi connectivity index (χ1n) is 1.41. The van der Waals surface area contributed by atoms with Gasteiger partial charge < -0.3 is 21.3 Å². The maximum atomic E-state index is 3.25. The second-order valence-electron chi connectivity index (χ2n) is 0. The largest absolute Gasteiger partial charge is 2.00 e. The minimum atomic E-state index is 0. The molecular formula is C5H13Zn-. The third-order valence-electron chi connectivity index (χ3n) is 0. The zero-order chi connectivity index (χ0) is 4.00. The summed E-state index contributed by atoms with van der Waals surface area (Å²) >= 11 is 0. The van der Waals surface area contributed by atoms with Gasteiger partial charge in [-0.15, -0.1) is 0 Å². The Morgan fingerprint density at radius 3 is 0.833 bits per heavy atom. The predicted molar refractivity (Wildman–Crippen MR) is 28.5 cm³/mol. The van der Waals surface area contributed by atoms with E-state index in [1.54, 1.807) is 13.8 Å². The molecule has 6 heavy (non-hydrogen) atoms. The fraction of sp³-hybridized carbons (Fsp3) is 0.400. The Kier molecular flexibility index (Phi) is 1570. The number of rotatable bonds is 0. The van der Waals surface area contributed by atoms with Crippen molar-refractivity contribution in [2.24, 2.45) is 0 Å². The summed E-state index contributed by atoms with van der Waals surface area (Å²) < 4.78 is 0. The summed E-state index contributed by atoms with van der Waals surface area (Å²) in [5.74, 6) is 0. The summed E-state index contributed by atoms with van der Waals surface area (Å²) in [6.07, 6.45) is 0. The van der Waals surface area contributed by atoms with Crippen molar-refractivity contribution in [1.82, 2.24) is 0 Å². The van der Waals surface area contributed by atoms with Gasteiger partial charge >= 0.3 is 19.5 Å². The Morgan fingerprint density at radius 2 is 0.833 bits per heavy atom. The minimum absolute atomic E-state index is 0. The molecule has 0 radical (unpaired) electrons. The molecule has 0 saturated carbocycles. The van der Waals surface area contributed by atoms with Crippen LogP contribution in [0.5, 0.6) is 0 Å². The normalized spacial score (nSPS) is 2.00. The Balaban J connectivity index is -0.00000000500. The van der Waals surface area contributed by atoms with Crippen LogP contribution in [0.3, 0.4) is 0 Å². The van der Waals surface area contributed by atoms with E-state index in [0.29, 0.717) is 0 Å². The molecule has 0 amide bonds. The Labute approximate surface area is 55.1 Å². The van der Waals surface area contributed by atoms with Crippen molar-refractivity contribution in [1.29, 1.82) is 0 Å². The van der Waals surface area contributed by atoms with Gasteiger partial charge in [0, 0.05) is 0 Å². The molecule has 0 heterocycles. The van der Waals surface area contributed by atoms with Crippen LogP contribution in [0.15, 0.2) is 0 Å². The van der Waals surface area contributed by atoms with Crippen LogP contribution in [-0.4, -0.2) is 0 Å². The van der Waals surface area contributed by atoms with Crippen molar-refractivity contribution in [3.8, 4) is 0 Å². The summed E-state index contributed by atoms with van der Waals surface area (Å²) in [6.45, 7) is 10.0. The van der Waals surface area contributed by atoms with Gasteiger partial charge in [-0.2, -0.15) is 13.8 Å². The second kappa shape index (κ2) is 309. The van der Waals surface area contributed by atoms with Gasteiger partial charge in [0.15, 0.2) is 0 Å². The van der Waals surface area contributed by atoms with Gasteiger partial charge in [0.25, 0.3) is 0 Å². The van der Waals surface area contributed by atoms with E-state index in [1.165, 1.54) is 0 Å². The quantitative estimate of drug-likeness (QED) is 0.355. The molecule has 0 atom stereocenters. The van der Waals surface area contributed by atoms with Crippen molar-refractivity contribution >= 4 is 0 Å². The van der Waals surface area contributed by atoms with Crippen molar-refractivity contribution < 1.29 is 19.5 Å². The van der Waals surface area contributed by atoms with Crippen LogP contribution in [0, 0.1) is 21.3 Å². The molecule has 0 bridgehead atoms. The average Bonchev–Trinajstić information content (AvgIpc) is 1.50. The van der Waals surface area contributed by atoms with Crippen molar-refractivity contribution in [3.05, 3.63) is 21.3 Å². The Hall–Kier alpha value is 0.623. The minimum Gasteiger partial charge on any atom is -0.358 e. The summed E-state index contributed by atoms with van der Waals surface area (Å²) in [5.41, 5.74) is 0. The summed E-state index contributed by atoms with van der Waals surface area (Å²) in [5, 5.41) is 0. The second-order valence-corrected chi connectivity index (χ2v) is 0. The summed E-state index contributed by atoms with van der Waals surface area (Å²) in [4.78, 5) is 0. The van der Waals surface area contributed by atoms with E-state index in [-0.39, 0.29) is 26.9 Å². The fourth-order valence-electron chi connectivity index (χ4n) is 0. The standard InChI is InChI=1S/2C2H5.CH3.Zn/c2*1-2;;/h2*1H2,2H3;1H3;/q3*-1;+2. The van der Waals surface area contributed by atoms with Crippen molar-refractivity contribution in [3.63, 3.8) is 0 Å². The zero-order valence-electron chi connectivity index (χ0n) is 5.12. The van der Waals surface area contributed by atoms with E-state index in [0.717, 1.165) is 0 Å². The van der Waals surface area contributed by atoms with E-state index in [4.69, 9.17) is 0 Å². The van der Waals surface area contributed by atoms with Gasteiger partial charge in [-0.3, -0.25) is 0 Å². The molecule has 0 aromatic carbocycles. The molecule has 0 aromatic rings. The average molecular weight is 139 g/mol. The van der Waals surface area contributed by atoms with Crippen LogP contribution >= 0.6 is 0 Å². The first-order chi connectivity index (χ1) is 2.00. The Morgan fingerprint density at radius 1 is 0.833 bits per heavy atom. The van der Waals surface area contributed by atoms with Gasteiger partial charge in [0.2, 0.25) is 0 Å². The van der Waals surface area contributed by atoms with E-state index < -0.39 is 0 Å². The van der Waals surface area contributed by atoms with E-state index in [1.807, 2.05) is 0 Å². The molecule has 0 spiro atoms. The van der Waals surface area contributed by atoms with E-state index in [9.17, 15) is 0 Å². The van der Waals surface area contributed by atoms with Gasteiger partial charge in [-0.1, -0.05) is 0 Å². The molecule has 0 aliphatic heterocycles. The SMILES string of the molecule is [CH2-]C.[CH2-]C.[CH3-].[Zn+2]. The Bertz CT molecular complexity index is 3.90. The van der Waals surface area contributed by atoms with E-state index in [2.05, 4.69) is 13.8 Å². The predicted octanol–water partition coefficient (Wildman–Crippen LogP) is 2.13. The van der Waals surface area contributed by atoms with Crippen LogP contribution in [0.1, 0.15) is 13.8 Å². The van der Waals surface area contributed by atoms with Gasteiger partial charge in [-0.05, 0) is 0 Å². The fourth-order valence-corrected chi connectivity index (χ4v) is 0. The van der Waals surface area contributed by atoms with Gasteiger partial charge in [0.1, 0.15) is 0 Å². The molecule has 0 rings (SSSR count). The van der Waals surface area contributed by atoms with E-state index >= 15 is 0 Å². The zero-order valence-corrected chi connectivity index (χ0v) is 8.09. The number of hydrogen-bond donors (Lipinski definition) is 0. The molecule has 36 valence electrons. The summed E-state index contributed by atoms with van der Waals surface area (Å²) in [7, 11) is 0. The number of hydrogen-bond acceptors (Lipinski definition) is 0. The smallest absolute Gasteiger partial charge is 0.358 e. The van der Waals surface area contributed by atoms with Crippen molar-refractivity contribution in [2.45, 2.75) is 13.8 Å². The molecular weight excluding hydrogens is 125 g/mol. The van der Waals surface area contributed by atoms with Crippen LogP contribution < -0.4 is 0 Å². The third kappa shape index (κ3) is 156. The molecule has 0 aromatic heterocycles. The van der Waals surface area contributed by atoms with Gasteiger partial charge in [0.05, 0.1) is 0 Å². The third-order valence-corrected chi connectivity index (χ3v) is 0. The molecule has 0 aliphatic carbocycles. The maximum Gasteiger partial charge on any atom is 2.00 e. The monoisotopic (exact) mass is 137 g/mol. The summed E-state index contributed by atoms with van der Waals surface area (Å²) in [6, 6.07) is 0. The van der Waals surface area contributed by atoms with Gasteiger partial charge in [-0.25, -0.2) is 0 Å². The first kappa shape index (κ1) is 30.4. The van der Waals surface area contributed by atoms with Crippen LogP contribution in [-0.2, 0) is 19.5 Å². The van der Waals surface area contributed by atoms with Crippen molar-refractivity contribution in [2.75, 3.05) is 0 Å². The van der Waals surface area contributed by atoms with Crippen LogP contribution in [0.25, 0.3) is 0 Å². The van der Waals surface area contributed by atoms with Crippen LogP contribution in [0.4, 0.5) is 0 Å². The molecule has 0 nitrogen and oxygen atoms in total. The molecule has 0 unspecified atom stereocenters. The first-order valence-corrected chi connectivity index (χ1v) is 1.41. The molecule has 0 saturated heterocycles. The molecule has 1 heteroatoms.